The summed E-state index contributed by atoms with van der Waals surface area (Å²) in [5.74, 6) is -0.832. The largest absolute Gasteiger partial charge is 0.493 e. The Labute approximate surface area is 174 Å². The quantitative estimate of drug-likeness (QED) is 0.409. The topological polar surface area (TPSA) is 111 Å². The molecular weight excluding hydrogens is 392 g/mol. The number of benzene rings is 1. The summed E-state index contributed by atoms with van der Waals surface area (Å²) in [4.78, 5) is 50.6. The predicted octanol–water partition coefficient (Wildman–Crippen LogP) is 1.93. The van der Waals surface area contributed by atoms with Crippen molar-refractivity contribution >= 4 is 23.7 Å². The minimum absolute atomic E-state index is 0.00431. The Morgan fingerprint density at radius 2 is 1.90 bits per heavy atom. The number of carbonyl (C=O) groups excluding carboxylic acids is 4. The van der Waals surface area contributed by atoms with Gasteiger partial charge in [-0.15, -0.1) is 0 Å². The molecule has 1 spiro atoms. The Bertz CT molecular complexity index is 869. The molecule has 2 fully saturated rings. The Morgan fingerprint density at radius 3 is 2.57 bits per heavy atom. The number of methoxy groups -OCH3 is 2. The third-order valence-corrected chi connectivity index (χ3v) is 5.86. The van der Waals surface area contributed by atoms with Crippen LogP contribution >= 0.6 is 0 Å². The smallest absolute Gasteiger partial charge is 0.326 e. The number of ketones is 1. The lowest BCUT2D eigenvalue weighted by Crippen LogP contribution is -2.54. The molecule has 0 bridgehead atoms. The zero-order valence-electron chi connectivity index (χ0n) is 17.4. The second kappa shape index (κ2) is 8.73. The van der Waals surface area contributed by atoms with E-state index in [2.05, 4.69) is 5.32 Å². The average molecular weight is 418 g/mol. The molecule has 1 aromatic rings. The normalized spacial score (nSPS) is 23.3. The molecule has 1 heterocycles. The summed E-state index contributed by atoms with van der Waals surface area (Å²) < 4.78 is 15.3. The Kier molecular flexibility index (Phi) is 6.28. The van der Waals surface area contributed by atoms with Gasteiger partial charge in [-0.3, -0.25) is 19.3 Å². The Morgan fingerprint density at radius 1 is 1.17 bits per heavy atom. The van der Waals surface area contributed by atoms with Crippen LogP contribution in [0, 0.1) is 5.92 Å². The second-order valence-corrected chi connectivity index (χ2v) is 7.59. The molecule has 1 saturated heterocycles. The first-order valence-corrected chi connectivity index (χ1v) is 9.87. The molecule has 1 aliphatic carbocycles. The van der Waals surface area contributed by atoms with Gasteiger partial charge in [0, 0.05) is 5.56 Å². The fourth-order valence-corrected chi connectivity index (χ4v) is 4.05. The molecule has 3 rings (SSSR count). The van der Waals surface area contributed by atoms with Crippen LogP contribution in [0.4, 0.5) is 4.79 Å². The molecule has 0 unspecified atom stereocenters. The number of Topliss-reactive ketones (excluding diaryl/α,β-unsaturated/α-hetero) is 1. The van der Waals surface area contributed by atoms with Crippen molar-refractivity contribution < 1.29 is 33.4 Å². The fraction of sp³-hybridized carbons (Fsp3) is 0.524. The summed E-state index contributed by atoms with van der Waals surface area (Å²) in [5.41, 5.74) is -0.657. The van der Waals surface area contributed by atoms with Gasteiger partial charge in [0.1, 0.15) is 12.1 Å². The van der Waals surface area contributed by atoms with Crippen LogP contribution in [0.15, 0.2) is 18.2 Å². The molecule has 30 heavy (non-hydrogen) atoms. The number of carbonyl (C=O) groups is 4. The van der Waals surface area contributed by atoms with Gasteiger partial charge in [0.15, 0.2) is 23.9 Å². The van der Waals surface area contributed by atoms with Crippen molar-refractivity contribution in [3.05, 3.63) is 23.8 Å². The molecule has 3 amide bonds. The zero-order valence-corrected chi connectivity index (χ0v) is 17.4. The number of hydrogen-bond donors (Lipinski definition) is 1. The molecule has 1 N–H and O–H groups in total. The summed E-state index contributed by atoms with van der Waals surface area (Å²) in [6.45, 7) is 0.888. The van der Waals surface area contributed by atoms with Crippen LogP contribution in [0.3, 0.4) is 0 Å². The molecular formula is C21H26N2O7. The van der Waals surface area contributed by atoms with Gasteiger partial charge in [-0.1, -0.05) is 19.8 Å². The molecule has 2 aliphatic rings. The number of rotatable bonds is 7. The summed E-state index contributed by atoms with van der Waals surface area (Å²) in [6.07, 6.45) is 3.24. The van der Waals surface area contributed by atoms with Crippen LogP contribution in [-0.2, 0) is 14.3 Å². The van der Waals surface area contributed by atoms with Crippen LogP contribution in [0.1, 0.15) is 43.0 Å². The van der Waals surface area contributed by atoms with Crippen LogP contribution in [-0.4, -0.2) is 61.5 Å². The lowest BCUT2D eigenvalue weighted by Gasteiger charge is -2.36. The van der Waals surface area contributed by atoms with Crippen LogP contribution < -0.4 is 14.8 Å². The number of imide groups is 1. The van der Waals surface area contributed by atoms with Gasteiger partial charge in [-0.25, -0.2) is 4.79 Å². The highest BCUT2D eigenvalue weighted by atomic mass is 16.5. The third kappa shape index (κ3) is 3.96. The highest BCUT2D eigenvalue weighted by Crippen LogP contribution is 2.38. The number of esters is 1. The standard InChI is InChI=1S/C21H26N2O7/c1-13-6-4-5-9-21(13)19(26)23(20(27)22-21)11-18(25)30-12-15(24)14-7-8-16(28-2)17(10-14)29-3/h7-8,10,13H,4-6,9,11-12H2,1-3H3,(H,22,27)/t13-,21+/m1/s1. The SMILES string of the molecule is COc1ccc(C(=O)COC(=O)CN2C(=O)N[C@]3(CCCC[C@H]3C)C2=O)cc1OC. The molecule has 0 radical (unpaired) electrons. The van der Waals surface area contributed by atoms with Crippen molar-refractivity contribution in [2.75, 3.05) is 27.4 Å². The first-order chi connectivity index (χ1) is 14.3. The number of nitrogens with one attached hydrogen (secondary N) is 1. The van der Waals surface area contributed by atoms with Crippen LogP contribution in [0.2, 0.25) is 0 Å². The molecule has 1 aliphatic heterocycles. The van der Waals surface area contributed by atoms with Gasteiger partial charge >= 0.3 is 12.0 Å². The predicted molar refractivity (Wildman–Crippen MR) is 105 cm³/mol. The van der Waals surface area contributed by atoms with Gasteiger partial charge in [0.05, 0.1) is 14.2 Å². The zero-order chi connectivity index (χ0) is 21.9. The lowest BCUT2D eigenvalue weighted by atomic mass is 9.73. The first kappa shape index (κ1) is 21.6. The summed E-state index contributed by atoms with van der Waals surface area (Å²) in [5, 5.41) is 2.78. The molecule has 1 aromatic carbocycles. The lowest BCUT2D eigenvalue weighted by molar-refractivity contribution is -0.147. The maximum Gasteiger partial charge on any atom is 0.326 e. The molecule has 9 nitrogen and oxygen atoms in total. The summed E-state index contributed by atoms with van der Waals surface area (Å²) >= 11 is 0. The number of amides is 3. The summed E-state index contributed by atoms with van der Waals surface area (Å²) in [6, 6.07) is 3.99. The molecule has 0 aromatic heterocycles. The highest BCUT2D eigenvalue weighted by molar-refractivity contribution is 6.09. The van der Waals surface area contributed by atoms with Crippen molar-refractivity contribution in [1.29, 1.82) is 0 Å². The van der Waals surface area contributed by atoms with Crippen molar-refractivity contribution in [2.45, 2.75) is 38.1 Å². The van der Waals surface area contributed by atoms with E-state index in [1.54, 1.807) is 6.07 Å². The minimum Gasteiger partial charge on any atom is -0.493 e. The van der Waals surface area contributed by atoms with Gasteiger partial charge in [-0.05, 0) is 37.0 Å². The fourth-order valence-electron chi connectivity index (χ4n) is 4.05. The van der Waals surface area contributed by atoms with E-state index in [-0.39, 0.29) is 11.5 Å². The van der Waals surface area contributed by atoms with Crippen molar-refractivity contribution in [2.24, 2.45) is 5.92 Å². The van der Waals surface area contributed by atoms with Crippen molar-refractivity contribution in [3.8, 4) is 11.5 Å². The maximum absolute atomic E-state index is 12.9. The van der Waals surface area contributed by atoms with Crippen LogP contribution in [0.5, 0.6) is 11.5 Å². The molecule has 2 atom stereocenters. The number of nitrogens with zero attached hydrogens (tertiary/aromatic N) is 1. The van der Waals surface area contributed by atoms with E-state index < -0.39 is 42.4 Å². The number of hydrogen-bond acceptors (Lipinski definition) is 7. The monoisotopic (exact) mass is 418 g/mol. The summed E-state index contributed by atoms with van der Waals surface area (Å²) in [7, 11) is 2.93. The van der Waals surface area contributed by atoms with E-state index in [4.69, 9.17) is 14.2 Å². The molecule has 1 saturated carbocycles. The van der Waals surface area contributed by atoms with Gasteiger partial charge < -0.3 is 19.5 Å². The van der Waals surface area contributed by atoms with E-state index in [1.807, 2.05) is 6.92 Å². The minimum atomic E-state index is -0.939. The van der Waals surface area contributed by atoms with Gasteiger partial charge in [0.2, 0.25) is 0 Å². The molecule has 9 heteroatoms. The Balaban J connectivity index is 1.59. The van der Waals surface area contributed by atoms with E-state index in [9.17, 15) is 19.2 Å². The van der Waals surface area contributed by atoms with E-state index in [0.717, 1.165) is 24.2 Å². The van der Waals surface area contributed by atoms with E-state index >= 15 is 0 Å². The molecule has 162 valence electrons. The van der Waals surface area contributed by atoms with Crippen molar-refractivity contribution in [3.63, 3.8) is 0 Å². The van der Waals surface area contributed by atoms with Gasteiger partial charge in [-0.2, -0.15) is 0 Å². The number of urea groups is 1. The second-order valence-electron chi connectivity index (χ2n) is 7.59. The third-order valence-electron chi connectivity index (χ3n) is 5.86. The highest BCUT2D eigenvalue weighted by Gasteiger charge is 2.55. The number of ether oxygens (including phenoxy) is 3. The van der Waals surface area contributed by atoms with E-state index in [0.29, 0.717) is 17.9 Å². The first-order valence-electron chi connectivity index (χ1n) is 9.87. The van der Waals surface area contributed by atoms with E-state index in [1.165, 1.54) is 26.4 Å². The Hall–Kier alpha value is -3.10. The average Bonchev–Trinajstić information content (AvgIpc) is 2.98. The van der Waals surface area contributed by atoms with Crippen molar-refractivity contribution in [1.82, 2.24) is 10.2 Å². The van der Waals surface area contributed by atoms with Gasteiger partial charge in [0.25, 0.3) is 5.91 Å². The maximum atomic E-state index is 12.9. The van der Waals surface area contributed by atoms with Crippen LogP contribution in [0.25, 0.3) is 0 Å².